The van der Waals surface area contributed by atoms with Crippen LogP contribution in [0.4, 0.5) is 0 Å². The van der Waals surface area contributed by atoms with Gasteiger partial charge in [-0.25, -0.2) is 4.98 Å². The van der Waals surface area contributed by atoms with Gasteiger partial charge in [-0.15, -0.1) is 0 Å². The molecular weight excluding hydrogens is 218 g/mol. The minimum Gasteiger partial charge on any atom is -0.340 e. The standard InChI is InChI=1S/C11H15N5O/c1-8-14-11(15-17-8)2-3-16-7-13-6-10(16)9-4-12-5-9/h6-7,9,12H,2-5H2,1H3. The molecule has 0 aromatic carbocycles. The topological polar surface area (TPSA) is 68.8 Å². The van der Waals surface area contributed by atoms with Gasteiger partial charge in [0.15, 0.2) is 5.82 Å². The third-order valence-corrected chi connectivity index (χ3v) is 3.09. The first kappa shape index (κ1) is 10.5. The van der Waals surface area contributed by atoms with Crippen LogP contribution in [-0.4, -0.2) is 32.8 Å². The van der Waals surface area contributed by atoms with E-state index in [4.69, 9.17) is 4.52 Å². The minimum absolute atomic E-state index is 0.601. The van der Waals surface area contributed by atoms with Crippen LogP contribution in [0.2, 0.25) is 0 Å². The fourth-order valence-corrected chi connectivity index (χ4v) is 2.02. The number of rotatable bonds is 4. The molecule has 90 valence electrons. The number of imidazole rings is 1. The monoisotopic (exact) mass is 233 g/mol. The number of hydrogen-bond acceptors (Lipinski definition) is 5. The van der Waals surface area contributed by atoms with Crippen LogP contribution >= 0.6 is 0 Å². The second-order valence-corrected chi connectivity index (χ2v) is 4.35. The fourth-order valence-electron chi connectivity index (χ4n) is 2.02. The zero-order chi connectivity index (χ0) is 11.7. The Hall–Kier alpha value is -1.69. The molecule has 1 N–H and O–H groups in total. The van der Waals surface area contributed by atoms with E-state index in [9.17, 15) is 0 Å². The van der Waals surface area contributed by atoms with Gasteiger partial charge < -0.3 is 14.4 Å². The summed E-state index contributed by atoms with van der Waals surface area (Å²) in [5.74, 6) is 1.98. The van der Waals surface area contributed by atoms with Crippen LogP contribution in [0.3, 0.4) is 0 Å². The maximum atomic E-state index is 4.95. The van der Waals surface area contributed by atoms with E-state index in [1.165, 1.54) is 5.69 Å². The Balaban J connectivity index is 1.66. The number of aromatic nitrogens is 4. The highest BCUT2D eigenvalue weighted by Gasteiger charge is 2.22. The van der Waals surface area contributed by atoms with Gasteiger partial charge in [0.2, 0.25) is 5.89 Å². The van der Waals surface area contributed by atoms with E-state index in [2.05, 4.69) is 25.0 Å². The summed E-state index contributed by atoms with van der Waals surface area (Å²) in [6, 6.07) is 0. The van der Waals surface area contributed by atoms with Gasteiger partial charge in [0.05, 0.1) is 6.33 Å². The second-order valence-electron chi connectivity index (χ2n) is 4.35. The molecule has 0 radical (unpaired) electrons. The fraction of sp³-hybridized carbons (Fsp3) is 0.545. The van der Waals surface area contributed by atoms with Crippen LogP contribution in [0.5, 0.6) is 0 Å². The zero-order valence-electron chi connectivity index (χ0n) is 9.76. The van der Waals surface area contributed by atoms with Gasteiger partial charge in [0.25, 0.3) is 0 Å². The molecule has 1 fully saturated rings. The van der Waals surface area contributed by atoms with Crippen LogP contribution in [-0.2, 0) is 13.0 Å². The molecule has 6 heteroatoms. The highest BCUT2D eigenvalue weighted by atomic mass is 16.5. The summed E-state index contributed by atoms with van der Waals surface area (Å²) < 4.78 is 7.13. The Kier molecular flexibility index (Phi) is 2.64. The normalized spacial score (nSPS) is 16.1. The second kappa shape index (κ2) is 4.29. The molecule has 3 rings (SSSR count). The minimum atomic E-state index is 0.601. The van der Waals surface area contributed by atoms with Gasteiger partial charge in [-0.1, -0.05) is 5.16 Å². The van der Waals surface area contributed by atoms with Crippen molar-refractivity contribution in [3.05, 3.63) is 29.9 Å². The smallest absolute Gasteiger partial charge is 0.223 e. The first-order chi connectivity index (χ1) is 8.33. The van der Waals surface area contributed by atoms with E-state index >= 15 is 0 Å². The molecule has 2 aromatic heterocycles. The molecule has 0 saturated carbocycles. The molecule has 1 aliphatic heterocycles. The Morgan fingerprint density at radius 3 is 3.06 bits per heavy atom. The third-order valence-electron chi connectivity index (χ3n) is 3.09. The SMILES string of the molecule is Cc1nc(CCn2cncc2C2CNC2)no1. The van der Waals surface area contributed by atoms with E-state index in [1.807, 2.05) is 12.5 Å². The maximum Gasteiger partial charge on any atom is 0.223 e. The molecule has 3 heterocycles. The van der Waals surface area contributed by atoms with Crippen LogP contribution in [0.1, 0.15) is 23.3 Å². The van der Waals surface area contributed by atoms with E-state index < -0.39 is 0 Å². The molecule has 2 aromatic rings. The van der Waals surface area contributed by atoms with Crippen molar-refractivity contribution in [2.75, 3.05) is 13.1 Å². The molecule has 6 nitrogen and oxygen atoms in total. The predicted octanol–water partition coefficient (Wildman–Crippen LogP) is 0.504. The van der Waals surface area contributed by atoms with Crippen molar-refractivity contribution in [3.63, 3.8) is 0 Å². The first-order valence-corrected chi connectivity index (χ1v) is 5.83. The van der Waals surface area contributed by atoms with Crippen molar-refractivity contribution in [1.29, 1.82) is 0 Å². The Bertz CT molecular complexity index is 499. The van der Waals surface area contributed by atoms with E-state index in [1.54, 1.807) is 6.92 Å². The first-order valence-electron chi connectivity index (χ1n) is 5.83. The lowest BCUT2D eigenvalue weighted by Crippen LogP contribution is -2.40. The summed E-state index contributed by atoms with van der Waals surface area (Å²) in [6.07, 6.45) is 4.61. The number of hydrogen-bond donors (Lipinski definition) is 1. The van der Waals surface area contributed by atoms with Crippen molar-refractivity contribution >= 4 is 0 Å². The van der Waals surface area contributed by atoms with E-state index in [0.29, 0.717) is 11.8 Å². The van der Waals surface area contributed by atoms with Crippen LogP contribution in [0, 0.1) is 6.92 Å². The van der Waals surface area contributed by atoms with Crippen LogP contribution < -0.4 is 5.32 Å². The summed E-state index contributed by atoms with van der Waals surface area (Å²) in [7, 11) is 0. The lowest BCUT2D eigenvalue weighted by atomic mass is 10.00. The van der Waals surface area contributed by atoms with Gasteiger partial charge in [0.1, 0.15) is 0 Å². The highest BCUT2D eigenvalue weighted by Crippen LogP contribution is 2.19. The molecule has 0 spiro atoms. The van der Waals surface area contributed by atoms with Crippen LogP contribution in [0.25, 0.3) is 0 Å². The van der Waals surface area contributed by atoms with Crippen molar-refractivity contribution in [3.8, 4) is 0 Å². The van der Waals surface area contributed by atoms with Crippen molar-refractivity contribution in [2.45, 2.75) is 25.8 Å². The van der Waals surface area contributed by atoms with Crippen molar-refractivity contribution < 1.29 is 4.52 Å². The Labute approximate surface area is 99.0 Å². The quantitative estimate of drug-likeness (QED) is 0.833. The van der Waals surface area contributed by atoms with Crippen molar-refractivity contribution in [1.82, 2.24) is 25.0 Å². The average molecular weight is 233 g/mol. The lowest BCUT2D eigenvalue weighted by molar-refractivity contribution is 0.385. The molecule has 0 unspecified atom stereocenters. The molecule has 17 heavy (non-hydrogen) atoms. The zero-order valence-corrected chi connectivity index (χ0v) is 9.76. The molecule has 0 atom stereocenters. The van der Waals surface area contributed by atoms with Crippen molar-refractivity contribution in [2.24, 2.45) is 0 Å². The number of nitrogens with zero attached hydrogens (tertiary/aromatic N) is 4. The van der Waals surface area contributed by atoms with Gasteiger partial charge in [-0.05, 0) is 0 Å². The molecule has 0 aliphatic carbocycles. The van der Waals surface area contributed by atoms with Gasteiger partial charge in [-0.3, -0.25) is 0 Å². The van der Waals surface area contributed by atoms with E-state index in [0.717, 1.165) is 31.9 Å². The molecule has 0 amide bonds. The largest absolute Gasteiger partial charge is 0.340 e. The summed E-state index contributed by atoms with van der Waals surface area (Å²) in [5, 5.41) is 7.16. The number of nitrogens with one attached hydrogen (secondary N) is 1. The summed E-state index contributed by atoms with van der Waals surface area (Å²) in [5.41, 5.74) is 1.30. The van der Waals surface area contributed by atoms with Gasteiger partial charge in [0, 0.05) is 50.8 Å². The molecule has 1 saturated heterocycles. The summed E-state index contributed by atoms with van der Waals surface area (Å²) in [6.45, 7) is 4.75. The van der Waals surface area contributed by atoms with Crippen LogP contribution in [0.15, 0.2) is 17.0 Å². The lowest BCUT2D eigenvalue weighted by Gasteiger charge is -2.27. The molecule has 0 bridgehead atoms. The van der Waals surface area contributed by atoms with Gasteiger partial charge >= 0.3 is 0 Å². The highest BCUT2D eigenvalue weighted by molar-refractivity contribution is 5.11. The number of aryl methyl sites for hydroxylation is 3. The Morgan fingerprint density at radius 1 is 1.53 bits per heavy atom. The molecule has 1 aliphatic rings. The maximum absolute atomic E-state index is 4.95. The Morgan fingerprint density at radius 2 is 2.41 bits per heavy atom. The third kappa shape index (κ3) is 2.08. The predicted molar refractivity (Wildman–Crippen MR) is 60.6 cm³/mol. The van der Waals surface area contributed by atoms with E-state index in [-0.39, 0.29) is 0 Å². The average Bonchev–Trinajstić information content (AvgIpc) is 2.82. The van der Waals surface area contributed by atoms with Gasteiger partial charge in [-0.2, -0.15) is 4.98 Å². The summed E-state index contributed by atoms with van der Waals surface area (Å²) >= 11 is 0. The molecular formula is C11H15N5O. The summed E-state index contributed by atoms with van der Waals surface area (Å²) in [4.78, 5) is 8.41.